The van der Waals surface area contributed by atoms with Crippen LogP contribution in [0.4, 0.5) is 0 Å². The van der Waals surface area contributed by atoms with Gasteiger partial charge in [-0.05, 0) is 43.4 Å². The van der Waals surface area contributed by atoms with Crippen molar-refractivity contribution >= 4 is 28.6 Å². The van der Waals surface area contributed by atoms with Crippen molar-refractivity contribution in [2.75, 3.05) is 12.8 Å². The number of aromatic amines is 1. The molecule has 0 spiro atoms. The Hall–Kier alpha value is -1.42. The van der Waals surface area contributed by atoms with E-state index in [1.165, 1.54) is 32.1 Å². The summed E-state index contributed by atoms with van der Waals surface area (Å²) >= 11 is 1.91. The Morgan fingerprint density at radius 2 is 2.10 bits per heavy atom. The van der Waals surface area contributed by atoms with Crippen molar-refractivity contribution in [3.63, 3.8) is 0 Å². The molecule has 3 rings (SSSR count). The smallest absolute Gasteiger partial charge is 0.251 e. The third-order valence-electron chi connectivity index (χ3n) is 4.58. The van der Waals surface area contributed by atoms with Crippen LogP contribution in [0.1, 0.15) is 42.5 Å². The number of rotatable bonds is 4. The number of aromatic nitrogens is 1. The molecule has 0 atom stereocenters. The molecule has 0 radical (unpaired) electrons. The van der Waals surface area contributed by atoms with Gasteiger partial charge in [-0.15, -0.1) is 0 Å². The van der Waals surface area contributed by atoms with Gasteiger partial charge >= 0.3 is 0 Å². The van der Waals surface area contributed by atoms with Gasteiger partial charge in [-0.3, -0.25) is 4.79 Å². The number of amides is 1. The van der Waals surface area contributed by atoms with Gasteiger partial charge in [0.2, 0.25) is 0 Å². The third-order valence-corrected chi connectivity index (χ3v) is 6.00. The van der Waals surface area contributed by atoms with Gasteiger partial charge in [0, 0.05) is 34.0 Å². The summed E-state index contributed by atoms with van der Waals surface area (Å²) in [5.41, 5.74) is 1.81. The highest BCUT2D eigenvalue weighted by atomic mass is 32.2. The average Bonchev–Trinajstić information content (AvgIpc) is 3.01. The van der Waals surface area contributed by atoms with E-state index in [1.807, 2.05) is 42.2 Å². The molecule has 4 heteroatoms. The molecule has 112 valence electrons. The van der Waals surface area contributed by atoms with Crippen LogP contribution in [0.15, 0.2) is 30.5 Å². The zero-order valence-corrected chi connectivity index (χ0v) is 13.3. The molecular weight excluding hydrogens is 280 g/mol. The molecule has 1 fully saturated rings. The van der Waals surface area contributed by atoms with Crippen molar-refractivity contribution in [3.8, 4) is 0 Å². The predicted octanol–water partition coefficient (Wildman–Crippen LogP) is 3.96. The maximum atomic E-state index is 12.4. The number of hydrogen-bond donors (Lipinski definition) is 2. The number of carbonyl (C=O) groups is 1. The van der Waals surface area contributed by atoms with E-state index in [4.69, 9.17) is 0 Å². The van der Waals surface area contributed by atoms with Crippen LogP contribution in [0.2, 0.25) is 0 Å². The monoisotopic (exact) mass is 302 g/mol. The number of nitrogens with one attached hydrogen (secondary N) is 2. The van der Waals surface area contributed by atoms with E-state index in [1.54, 1.807) is 0 Å². The molecule has 1 amide bonds. The first kappa shape index (κ1) is 14.5. The number of benzene rings is 1. The minimum Gasteiger partial charge on any atom is -0.361 e. The summed E-state index contributed by atoms with van der Waals surface area (Å²) in [6.07, 6.45) is 10.4. The number of carbonyl (C=O) groups excluding carboxylic acids is 1. The van der Waals surface area contributed by atoms with Gasteiger partial charge in [-0.25, -0.2) is 0 Å². The minimum absolute atomic E-state index is 0.0390. The molecule has 0 aliphatic heterocycles. The SMILES string of the molecule is CSC1(CNC(=O)c2ccc3[nH]ccc3c2)CCCCC1. The molecule has 1 heterocycles. The molecule has 0 saturated heterocycles. The first-order valence-electron chi connectivity index (χ1n) is 7.63. The van der Waals surface area contributed by atoms with Crippen LogP contribution in [0.3, 0.4) is 0 Å². The summed E-state index contributed by atoms with van der Waals surface area (Å²) in [6.45, 7) is 0.776. The molecule has 0 bridgehead atoms. The molecule has 2 aromatic rings. The second-order valence-electron chi connectivity index (χ2n) is 5.91. The van der Waals surface area contributed by atoms with E-state index in [9.17, 15) is 4.79 Å². The summed E-state index contributed by atoms with van der Waals surface area (Å²) in [6, 6.07) is 7.81. The van der Waals surface area contributed by atoms with E-state index in [2.05, 4.69) is 16.6 Å². The van der Waals surface area contributed by atoms with Crippen molar-refractivity contribution in [1.29, 1.82) is 0 Å². The maximum Gasteiger partial charge on any atom is 0.251 e. The van der Waals surface area contributed by atoms with Crippen molar-refractivity contribution < 1.29 is 4.79 Å². The lowest BCUT2D eigenvalue weighted by atomic mass is 9.88. The van der Waals surface area contributed by atoms with Crippen LogP contribution < -0.4 is 5.32 Å². The lowest BCUT2D eigenvalue weighted by Gasteiger charge is -2.35. The molecule has 1 aromatic carbocycles. The Bertz CT molecular complexity index is 629. The van der Waals surface area contributed by atoms with Gasteiger partial charge in [0.1, 0.15) is 0 Å². The minimum atomic E-state index is 0.0390. The van der Waals surface area contributed by atoms with E-state index in [-0.39, 0.29) is 10.7 Å². The van der Waals surface area contributed by atoms with Crippen molar-refractivity contribution in [2.24, 2.45) is 0 Å². The molecule has 3 nitrogen and oxygen atoms in total. The Morgan fingerprint density at radius 3 is 2.86 bits per heavy atom. The second kappa shape index (κ2) is 6.14. The summed E-state index contributed by atoms with van der Waals surface area (Å²) < 4.78 is 0.242. The Kier molecular flexibility index (Phi) is 4.24. The van der Waals surface area contributed by atoms with Crippen LogP contribution >= 0.6 is 11.8 Å². The van der Waals surface area contributed by atoms with E-state index >= 15 is 0 Å². The topological polar surface area (TPSA) is 44.9 Å². The van der Waals surface area contributed by atoms with Gasteiger partial charge in [-0.1, -0.05) is 19.3 Å². The van der Waals surface area contributed by atoms with Gasteiger partial charge in [-0.2, -0.15) is 11.8 Å². The first-order valence-corrected chi connectivity index (χ1v) is 8.85. The summed E-state index contributed by atoms with van der Waals surface area (Å²) in [4.78, 5) is 15.5. The van der Waals surface area contributed by atoms with Crippen LogP contribution in [-0.4, -0.2) is 28.4 Å². The van der Waals surface area contributed by atoms with Crippen LogP contribution in [-0.2, 0) is 0 Å². The predicted molar refractivity (Wildman–Crippen MR) is 90.0 cm³/mol. The highest BCUT2D eigenvalue weighted by Gasteiger charge is 2.31. The Labute approximate surface area is 129 Å². The van der Waals surface area contributed by atoms with E-state index < -0.39 is 0 Å². The van der Waals surface area contributed by atoms with Crippen molar-refractivity contribution in [2.45, 2.75) is 36.9 Å². The third kappa shape index (κ3) is 3.10. The van der Waals surface area contributed by atoms with Gasteiger partial charge in [0.15, 0.2) is 0 Å². The fourth-order valence-corrected chi connectivity index (χ4v) is 4.10. The number of fused-ring (bicyclic) bond motifs is 1. The van der Waals surface area contributed by atoms with Gasteiger partial charge in [0.05, 0.1) is 0 Å². The zero-order chi connectivity index (χ0) is 14.7. The molecule has 1 aliphatic carbocycles. The second-order valence-corrected chi connectivity index (χ2v) is 7.18. The van der Waals surface area contributed by atoms with Gasteiger partial charge < -0.3 is 10.3 Å². The van der Waals surface area contributed by atoms with Crippen molar-refractivity contribution in [1.82, 2.24) is 10.3 Å². The van der Waals surface area contributed by atoms with Crippen LogP contribution in [0.5, 0.6) is 0 Å². The fraction of sp³-hybridized carbons (Fsp3) is 0.471. The number of thioether (sulfide) groups is 1. The molecule has 1 saturated carbocycles. The molecule has 0 unspecified atom stereocenters. The zero-order valence-electron chi connectivity index (χ0n) is 12.4. The molecule has 1 aromatic heterocycles. The summed E-state index contributed by atoms with van der Waals surface area (Å²) in [5, 5.41) is 4.23. The van der Waals surface area contributed by atoms with Crippen LogP contribution in [0.25, 0.3) is 10.9 Å². The Balaban J connectivity index is 1.67. The first-order chi connectivity index (χ1) is 10.2. The van der Waals surface area contributed by atoms with Crippen molar-refractivity contribution in [3.05, 3.63) is 36.0 Å². The quantitative estimate of drug-likeness (QED) is 0.898. The number of H-pyrrole nitrogens is 1. The summed E-state index contributed by atoms with van der Waals surface area (Å²) in [5.74, 6) is 0.0390. The van der Waals surface area contributed by atoms with E-state index in [0.29, 0.717) is 0 Å². The normalized spacial score (nSPS) is 17.8. The average molecular weight is 302 g/mol. The Morgan fingerprint density at radius 1 is 1.29 bits per heavy atom. The van der Waals surface area contributed by atoms with E-state index in [0.717, 1.165) is 23.0 Å². The highest BCUT2D eigenvalue weighted by molar-refractivity contribution is 8.00. The lowest BCUT2D eigenvalue weighted by Crippen LogP contribution is -2.41. The largest absolute Gasteiger partial charge is 0.361 e. The van der Waals surface area contributed by atoms with Crippen LogP contribution in [0, 0.1) is 0 Å². The molecule has 21 heavy (non-hydrogen) atoms. The lowest BCUT2D eigenvalue weighted by molar-refractivity contribution is 0.0947. The standard InChI is InChI=1S/C17H22N2OS/c1-21-17(8-3-2-4-9-17)12-19-16(20)14-5-6-15-13(11-14)7-10-18-15/h5-7,10-11,18H,2-4,8-9,12H2,1H3,(H,19,20). The fourth-order valence-electron chi connectivity index (χ4n) is 3.19. The molecule has 1 aliphatic rings. The van der Waals surface area contributed by atoms with Gasteiger partial charge in [0.25, 0.3) is 5.91 Å². The number of hydrogen-bond acceptors (Lipinski definition) is 2. The molecular formula is C17H22N2OS. The summed E-state index contributed by atoms with van der Waals surface area (Å²) in [7, 11) is 0. The maximum absolute atomic E-state index is 12.4. The molecule has 2 N–H and O–H groups in total. The highest BCUT2D eigenvalue weighted by Crippen LogP contribution is 2.38.